The number of rotatable bonds is 10. The minimum Gasteiger partial charge on any atom is -0.465 e. The molecule has 0 aliphatic rings. The summed E-state index contributed by atoms with van der Waals surface area (Å²) in [6, 6.07) is -3.47. The summed E-state index contributed by atoms with van der Waals surface area (Å²) >= 11 is 0. The van der Waals surface area contributed by atoms with Crippen LogP contribution < -0.4 is 0 Å². The van der Waals surface area contributed by atoms with Crippen LogP contribution in [-0.4, -0.2) is 71.7 Å². The predicted molar refractivity (Wildman–Crippen MR) is 75.3 cm³/mol. The number of aliphatic hydroxyl groups excluding tert-OH is 2. The van der Waals surface area contributed by atoms with Crippen molar-refractivity contribution in [3.05, 3.63) is 24.5 Å². The van der Waals surface area contributed by atoms with E-state index in [0.717, 1.165) is 0 Å². The average molecular weight is 550 g/mol. The smallest absolute Gasteiger partial charge is 0.460 e. The van der Waals surface area contributed by atoms with Crippen molar-refractivity contribution in [3.8, 4) is 0 Å². The standard InChI is InChI=1S/C12H5F17O.C2H6O2/c1-2-3-30-5(14)4(13)6(15,16)7(17,18)8(19,20)9(21,22)10(23,24)11(25,26)12(27,28)29;3-1-2-4/h2H,1,3H2;3-4H,1-2H2. The maximum absolute atomic E-state index is 13.3. The van der Waals surface area contributed by atoms with Crippen LogP contribution in [-0.2, 0) is 4.74 Å². The minimum atomic E-state index is -8.59. The Morgan fingerprint density at radius 1 is 0.618 bits per heavy atom. The van der Waals surface area contributed by atoms with Crippen LogP contribution in [0.2, 0.25) is 0 Å². The lowest BCUT2D eigenvalue weighted by molar-refractivity contribution is -0.451. The van der Waals surface area contributed by atoms with E-state index in [-0.39, 0.29) is 13.2 Å². The highest BCUT2D eigenvalue weighted by molar-refractivity contribution is 5.20. The molecule has 0 aromatic carbocycles. The summed E-state index contributed by atoms with van der Waals surface area (Å²) in [5, 5.41) is 15.2. The zero-order valence-electron chi connectivity index (χ0n) is 15.6. The second-order valence-electron chi connectivity index (χ2n) is 5.58. The number of halogens is 17. The quantitative estimate of drug-likeness (QED) is 0.210. The molecule has 0 heterocycles. The number of hydrogen-bond donors (Lipinski definition) is 2. The molecule has 3 nitrogen and oxygen atoms in total. The van der Waals surface area contributed by atoms with Gasteiger partial charge in [0.05, 0.1) is 13.2 Å². The van der Waals surface area contributed by atoms with Crippen LogP contribution >= 0.6 is 0 Å². The van der Waals surface area contributed by atoms with Crippen molar-refractivity contribution in [3.63, 3.8) is 0 Å². The fraction of sp³-hybridized carbons (Fsp3) is 0.714. The van der Waals surface area contributed by atoms with Gasteiger partial charge in [0.25, 0.3) is 0 Å². The molecule has 204 valence electrons. The Kier molecular flexibility index (Phi) is 10.8. The molecule has 20 heteroatoms. The number of allylic oxidation sites excluding steroid dienone is 1. The molecule has 0 bridgehead atoms. The van der Waals surface area contributed by atoms with Crippen molar-refractivity contribution in [1.29, 1.82) is 0 Å². The molecule has 0 amide bonds. The zero-order chi connectivity index (χ0) is 28.2. The minimum absolute atomic E-state index is 0.125. The van der Waals surface area contributed by atoms with Crippen LogP contribution in [0, 0.1) is 0 Å². The van der Waals surface area contributed by atoms with Crippen LogP contribution in [0.15, 0.2) is 24.5 Å². The molecule has 0 aromatic heterocycles. The molecule has 0 aromatic rings. The molecule has 0 spiro atoms. The van der Waals surface area contributed by atoms with Crippen molar-refractivity contribution in [1.82, 2.24) is 0 Å². The van der Waals surface area contributed by atoms with E-state index in [9.17, 15) is 74.6 Å². The van der Waals surface area contributed by atoms with E-state index < -0.39 is 60.2 Å². The van der Waals surface area contributed by atoms with E-state index in [1.165, 1.54) is 0 Å². The van der Waals surface area contributed by atoms with Gasteiger partial charge in [0.1, 0.15) is 6.61 Å². The second kappa shape index (κ2) is 10.7. The van der Waals surface area contributed by atoms with Crippen LogP contribution in [0.4, 0.5) is 74.6 Å². The molecule has 0 radical (unpaired) electrons. The molecular weight excluding hydrogens is 539 g/mol. The van der Waals surface area contributed by atoms with Crippen LogP contribution in [0.3, 0.4) is 0 Å². The summed E-state index contributed by atoms with van der Waals surface area (Å²) in [7, 11) is 0. The summed E-state index contributed by atoms with van der Waals surface area (Å²) in [5.41, 5.74) is 0. The molecule has 0 saturated heterocycles. The van der Waals surface area contributed by atoms with E-state index in [1.807, 2.05) is 0 Å². The summed E-state index contributed by atoms with van der Waals surface area (Å²) < 4.78 is 221. The van der Waals surface area contributed by atoms with Gasteiger partial charge in [-0.25, -0.2) is 0 Å². The molecule has 0 rings (SSSR count). The number of aliphatic hydroxyl groups is 2. The summed E-state index contributed by atoms with van der Waals surface area (Å²) in [4.78, 5) is 0. The van der Waals surface area contributed by atoms with Gasteiger partial charge in [0, 0.05) is 0 Å². The second-order valence-corrected chi connectivity index (χ2v) is 5.58. The number of ether oxygens (including phenoxy) is 1. The van der Waals surface area contributed by atoms with Crippen molar-refractivity contribution in [2.24, 2.45) is 0 Å². The van der Waals surface area contributed by atoms with E-state index in [4.69, 9.17) is 10.2 Å². The highest BCUT2D eigenvalue weighted by atomic mass is 19.4. The number of hydrogen-bond acceptors (Lipinski definition) is 3. The van der Waals surface area contributed by atoms with E-state index in [2.05, 4.69) is 11.3 Å². The topological polar surface area (TPSA) is 49.7 Å². The molecule has 0 atom stereocenters. The Bertz CT molecular complexity index is 709. The highest BCUT2D eigenvalue weighted by Gasteiger charge is 2.93. The lowest BCUT2D eigenvalue weighted by Gasteiger charge is -2.41. The van der Waals surface area contributed by atoms with Gasteiger partial charge in [-0.15, -0.1) is 0 Å². The van der Waals surface area contributed by atoms with E-state index >= 15 is 0 Å². The molecular formula is C14H11F17O3. The number of alkyl halides is 15. The zero-order valence-corrected chi connectivity index (χ0v) is 15.6. The van der Waals surface area contributed by atoms with Crippen LogP contribution in [0.1, 0.15) is 0 Å². The fourth-order valence-electron chi connectivity index (χ4n) is 1.42. The van der Waals surface area contributed by atoms with Crippen LogP contribution in [0.25, 0.3) is 0 Å². The normalized spacial score (nSPS) is 15.3. The van der Waals surface area contributed by atoms with Crippen LogP contribution in [0.5, 0.6) is 0 Å². The first-order chi connectivity index (χ1) is 14.8. The molecule has 0 saturated carbocycles. The van der Waals surface area contributed by atoms with Gasteiger partial charge in [-0.05, 0) is 0 Å². The first kappa shape index (κ1) is 34.2. The summed E-state index contributed by atoms with van der Waals surface area (Å²) in [6.07, 6.45) is -7.34. The van der Waals surface area contributed by atoms with Gasteiger partial charge >= 0.3 is 47.7 Å². The first-order valence-electron chi connectivity index (χ1n) is 7.65. The fourth-order valence-corrected chi connectivity index (χ4v) is 1.42. The largest absolute Gasteiger partial charge is 0.465 e. The monoisotopic (exact) mass is 550 g/mol. The molecule has 0 aliphatic heterocycles. The maximum atomic E-state index is 13.3. The molecule has 2 N–H and O–H groups in total. The summed E-state index contributed by atoms with van der Waals surface area (Å²) in [6.45, 7) is 1.14. The van der Waals surface area contributed by atoms with Gasteiger partial charge in [-0.3, -0.25) is 0 Å². The van der Waals surface area contributed by atoms with Crippen molar-refractivity contribution >= 4 is 0 Å². The Labute approximate surface area is 177 Å². The van der Waals surface area contributed by atoms with E-state index in [1.54, 1.807) is 0 Å². The molecule has 34 heavy (non-hydrogen) atoms. The van der Waals surface area contributed by atoms with Crippen molar-refractivity contribution in [2.45, 2.75) is 41.7 Å². The Morgan fingerprint density at radius 3 is 1.24 bits per heavy atom. The van der Waals surface area contributed by atoms with Gasteiger partial charge < -0.3 is 14.9 Å². The Hall–Kier alpha value is -1.99. The third kappa shape index (κ3) is 5.62. The molecule has 0 aliphatic carbocycles. The lowest BCUT2D eigenvalue weighted by atomic mass is 9.91. The highest BCUT2D eigenvalue weighted by Crippen LogP contribution is 2.63. The third-order valence-corrected chi connectivity index (χ3v) is 3.20. The Morgan fingerprint density at radius 2 is 0.941 bits per heavy atom. The van der Waals surface area contributed by atoms with Gasteiger partial charge in [-0.2, -0.15) is 74.6 Å². The molecule has 0 fully saturated rings. The van der Waals surface area contributed by atoms with Gasteiger partial charge in [0.15, 0.2) is 0 Å². The maximum Gasteiger partial charge on any atom is 0.460 e. The third-order valence-electron chi connectivity index (χ3n) is 3.20. The van der Waals surface area contributed by atoms with Gasteiger partial charge in [0.2, 0.25) is 5.83 Å². The van der Waals surface area contributed by atoms with Crippen molar-refractivity contribution < 1.29 is 89.6 Å². The lowest BCUT2D eigenvalue weighted by Crippen LogP contribution is -2.72. The average Bonchev–Trinajstić information content (AvgIpc) is 2.69. The van der Waals surface area contributed by atoms with E-state index in [0.29, 0.717) is 6.08 Å². The first-order valence-corrected chi connectivity index (χ1v) is 7.65. The van der Waals surface area contributed by atoms with Gasteiger partial charge in [-0.1, -0.05) is 12.7 Å². The summed E-state index contributed by atoms with van der Waals surface area (Å²) in [5.74, 6) is -53.8. The predicted octanol–water partition coefficient (Wildman–Crippen LogP) is 5.64. The molecule has 0 unspecified atom stereocenters. The Balaban J connectivity index is 0. The SMILES string of the molecule is C=CCOC(F)=C(F)C(F)(F)C(F)(F)C(F)(F)C(F)(F)C(F)(F)C(F)(F)C(F)(F)F.OCCO. The van der Waals surface area contributed by atoms with Crippen molar-refractivity contribution in [2.75, 3.05) is 19.8 Å².